The van der Waals surface area contributed by atoms with Crippen LogP contribution in [-0.2, 0) is 4.79 Å². The van der Waals surface area contributed by atoms with Gasteiger partial charge in [-0.2, -0.15) is 0 Å². The van der Waals surface area contributed by atoms with Crippen LogP contribution in [0.25, 0.3) is 22.2 Å². The van der Waals surface area contributed by atoms with E-state index in [0.717, 1.165) is 22.2 Å². The number of amides is 2. The molecule has 2 N–H and O–H groups in total. The second-order valence-electron chi connectivity index (χ2n) is 7.72. The van der Waals surface area contributed by atoms with E-state index in [4.69, 9.17) is 14.5 Å². The molecule has 1 aromatic heterocycles. The molecule has 1 aliphatic rings. The van der Waals surface area contributed by atoms with E-state index in [1.54, 1.807) is 38.3 Å². The fourth-order valence-corrected chi connectivity index (χ4v) is 3.76. The largest absolute Gasteiger partial charge is 0.497 e. The van der Waals surface area contributed by atoms with Crippen LogP contribution in [0, 0.1) is 0 Å². The fourth-order valence-electron chi connectivity index (χ4n) is 3.76. The SMILES string of the molecule is COc1ccc(-c2cc(C(=O)Nc3ccc4c(c3)NC(=O)[C@@H](C)O4)c3ccccc3n2)cc1. The number of pyridine rings is 1. The summed E-state index contributed by atoms with van der Waals surface area (Å²) in [5, 5.41) is 6.47. The molecule has 4 aromatic rings. The van der Waals surface area contributed by atoms with Crippen molar-refractivity contribution < 1.29 is 19.1 Å². The van der Waals surface area contributed by atoms with Crippen molar-refractivity contribution in [3.8, 4) is 22.8 Å². The predicted octanol–water partition coefficient (Wildman–Crippen LogP) is 4.88. The Hall–Kier alpha value is -4.39. The first-order valence-corrected chi connectivity index (χ1v) is 10.5. The minimum atomic E-state index is -0.558. The minimum Gasteiger partial charge on any atom is -0.497 e. The van der Waals surface area contributed by atoms with E-state index in [1.807, 2.05) is 48.5 Å². The molecular formula is C26H21N3O4. The number of anilines is 2. The Morgan fingerprint density at radius 1 is 1.06 bits per heavy atom. The van der Waals surface area contributed by atoms with E-state index in [2.05, 4.69) is 10.6 Å². The average molecular weight is 439 g/mol. The molecule has 0 saturated heterocycles. The van der Waals surface area contributed by atoms with Crippen LogP contribution in [0.1, 0.15) is 17.3 Å². The van der Waals surface area contributed by atoms with Crippen molar-refractivity contribution >= 4 is 34.1 Å². The van der Waals surface area contributed by atoms with Crippen LogP contribution in [0.4, 0.5) is 11.4 Å². The van der Waals surface area contributed by atoms with E-state index < -0.39 is 6.10 Å². The zero-order chi connectivity index (χ0) is 22.9. The smallest absolute Gasteiger partial charge is 0.265 e. The van der Waals surface area contributed by atoms with Gasteiger partial charge in [0.05, 0.1) is 29.6 Å². The van der Waals surface area contributed by atoms with Crippen LogP contribution in [-0.4, -0.2) is 30.0 Å². The lowest BCUT2D eigenvalue weighted by atomic mass is 10.0. The standard InChI is InChI=1S/C26H21N3O4/c1-15-25(30)29-23-13-17(9-12-24(23)33-15)27-26(31)20-14-22(16-7-10-18(32-2)11-8-16)28-21-6-4-3-5-19(20)21/h3-15H,1-2H3,(H,27,31)(H,29,30)/t15-/m1/s1. The Kier molecular flexibility index (Phi) is 5.14. The molecule has 0 saturated carbocycles. The highest BCUT2D eigenvalue weighted by atomic mass is 16.5. The fraction of sp³-hybridized carbons (Fsp3) is 0.115. The van der Waals surface area contributed by atoms with Crippen LogP contribution < -0.4 is 20.1 Å². The van der Waals surface area contributed by atoms with Gasteiger partial charge in [0.1, 0.15) is 11.5 Å². The van der Waals surface area contributed by atoms with Gasteiger partial charge in [0.25, 0.3) is 11.8 Å². The number of carbonyl (C=O) groups is 2. The molecule has 0 radical (unpaired) electrons. The predicted molar refractivity (Wildman–Crippen MR) is 127 cm³/mol. The number of hydrogen-bond donors (Lipinski definition) is 2. The number of fused-ring (bicyclic) bond motifs is 2. The number of methoxy groups -OCH3 is 1. The summed E-state index contributed by atoms with van der Waals surface area (Å²) in [4.78, 5) is 30.0. The number of rotatable bonds is 4. The molecular weight excluding hydrogens is 418 g/mol. The van der Waals surface area contributed by atoms with E-state index in [0.29, 0.717) is 28.4 Å². The molecule has 2 amide bonds. The molecule has 1 aliphatic heterocycles. The van der Waals surface area contributed by atoms with Gasteiger partial charge in [-0.25, -0.2) is 4.98 Å². The van der Waals surface area contributed by atoms with Gasteiger partial charge in [0, 0.05) is 16.6 Å². The second kappa shape index (κ2) is 8.27. The number of nitrogens with zero attached hydrogens (tertiary/aromatic N) is 1. The van der Waals surface area contributed by atoms with Crippen LogP contribution in [0.2, 0.25) is 0 Å². The van der Waals surface area contributed by atoms with Gasteiger partial charge in [-0.05, 0) is 61.5 Å². The van der Waals surface area contributed by atoms with Gasteiger partial charge >= 0.3 is 0 Å². The number of carbonyl (C=O) groups excluding carboxylic acids is 2. The maximum absolute atomic E-state index is 13.3. The topological polar surface area (TPSA) is 89.6 Å². The van der Waals surface area contributed by atoms with Gasteiger partial charge in [0.2, 0.25) is 0 Å². The summed E-state index contributed by atoms with van der Waals surface area (Å²) < 4.78 is 10.8. The van der Waals surface area contributed by atoms with Crippen LogP contribution >= 0.6 is 0 Å². The highest BCUT2D eigenvalue weighted by Gasteiger charge is 2.24. The zero-order valence-electron chi connectivity index (χ0n) is 18.1. The Labute approximate surface area is 190 Å². The Morgan fingerprint density at radius 3 is 2.64 bits per heavy atom. The summed E-state index contributed by atoms with van der Waals surface area (Å²) >= 11 is 0. The maximum Gasteiger partial charge on any atom is 0.265 e. The summed E-state index contributed by atoms with van der Waals surface area (Å²) in [6.07, 6.45) is -0.558. The Morgan fingerprint density at radius 2 is 1.85 bits per heavy atom. The van der Waals surface area contributed by atoms with E-state index >= 15 is 0 Å². The number of para-hydroxylation sites is 1. The average Bonchev–Trinajstić information content (AvgIpc) is 2.84. The Balaban J connectivity index is 1.50. The summed E-state index contributed by atoms with van der Waals surface area (Å²) in [5.41, 5.74) is 3.84. The number of hydrogen-bond acceptors (Lipinski definition) is 5. The lowest BCUT2D eigenvalue weighted by Crippen LogP contribution is -2.34. The molecule has 3 aromatic carbocycles. The summed E-state index contributed by atoms with van der Waals surface area (Å²) in [6, 6.07) is 22.0. The molecule has 0 fully saturated rings. The third-order valence-electron chi connectivity index (χ3n) is 5.51. The molecule has 0 unspecified atom stereocenters. The van der Waals surface area contributed by atoms with Crippen LogP contribution in [0.15, 0.2) is 72.8 Å². The van der Waals surface area contributed by atoms with E-state index in [9.17, 15) is 9.59 Å². The molecule has 5 rings (SSSR count). The summed E-state index contributed by atoms with van der Waals surface area (Å²) in [7, 11) is 1.62. The number of benzene rings is 3. The number of aromatic nitrogens is 1. The Bertz CT molecular complexity index is 1380. The van der Waals surface area contributed by atoms with Crippen molar-refractivity contribution in [2.45, 2.75) is 13.0 Å². The van der Waals surface area contributed by atoms with Crippen molar-refractivity contribution in [2.24, 2.45) is 0 Å². The monoisotopic (exact) mass is 439 g/mol. The van der Waals surface area contributed by atoms with Crippen molar-refractivity contribution in [3.05, 3.63) is 78.4 Å². The van der Waals surface area contributed by atoms with Gasteiger partial charge in [-0.15, -0.1) is 0 Å². The lowest BCUT2D eigenvalue weighted by Gasteiger charge is -2.23. The lowest BCUT2D eigenvalue weighted by molar-refractivity contribution is -0.122. The van der Waals surface area contributed by atoms with Gasteiger partial charge in [-0.1, -0.05) is 18.2 Å². The number of nitrogens with one attached hydrogen (secondary N) is 2. The first-order chi connectivity index (χ1) is 16.0. The van der Waals surface area contributed by atoms with E-state index in [1.165, 1.54) is 0 Å². The molecule has 164 valence electrons. The minimum absolute atomic E-state index is 0.227. The summed E-state index contributed by atoms with van der Waals surface area (Å²) in [5.74, 6) is 0.807. The molecule has 2 heterocycles. The molecule has 7 nitrogen and oxygen atoms in total. The second-order valence-corrected chi connectivity index (χ2v) is 7.72. The summed E-state index contributed by atoms with van der Waals surface area (Å²) in [6.45, 7) is 1.68. The first kappa shape index (κ1) is 20.5. The van der Waals surface area contributed by atoms with Crippen molar-refractivity contribution in [1.29, 1.82) is 0 Å². The normalized spacial score (nSPS) is 14.7. The highest BCUT2D eigenvalue weighted by Crippen LogP contribution is 2.33. The highest BCUT2D eigenvalue weighted by molar-refractivity contribution is 6.13. The molecule has 33 heavy (non-hydrogen) atoms. The van der Waals surface area contributed by atoms with Crippen molar-refractivity contribution in [1.82, 2.24) is 4.98 Å². The first-order valence-electron chi connectivity index (χ1n) is 10.5. The van der Waals surface area contributed by atoms with Crippen molar-refractivity contribution in [2.75, 3.05) is 17.7 Å². The van der Waals surface area contributed by atoms with Crippen LogP contribution in [0.3, 0.4) is 0 Å². The van der Waals surface area contributed by atoms with Crippen molar-refractivity contribution in [3.63, 3.8) is 0 Å². The van der Waals surface area contributed by atoms with Gasteiger partial charge < -0.3 is 20.1 Å². The quantitative estimate of drug-likeness (QED) is 0.473. The third-order valence-corrected chi connectivity index (χ3v) is 5.51. The maximum atomic E-state index is 13.3. The van der Waals surface area contributed by atoms with Gasteiger partial charge in [0.15, 0.2) is 6.10 Å². The third kappa shape index (κ3) is 3.96. The zero-order valence-corrected chi connectivity index (χ0v) is 18.1. The van der Waals surface area contributed by atoms with Gasteiger partial charge in [-0.3, -0.25) is 9.59 Å². The van der Waals surface area contributed by atoms with Crippen LogP contribution in [0.5, 0.6) is 11.5 Å². The molecule has 1 atom stereocenters. The molecule has 7 heteroatoms. The molecule has 0 bridgehead atoms. The van der Waals surface area contributed by atoms with E-state index in [-0.39, 0.29) is 11.8 Å². The molecule has 0 spiro atoms. The molecule has 0 aliphatic carbocycles. The number of ether oxygens (including phenoxy) is 2.